The lowest BCUT2D eigenvalue weighted by Gasteiger charge is -2.31. The molecule has 1 amide bonds. The van der Waals surface area contributed by atoms with Crippen molar-refractivity contribution in [2.75, 3.05) is 31.6 Å². The Labute approximate surface area is 209 Å². The number of benzene rings is 1. The molecule has 2 aromatic heterocycles. The summed E-state index contributed by atoms with van der Waals surface area (Å²) in [5, 5.41) is 2.48. The highest BCUT2D eigenvalue weighted by Crippen LogP contribution is 2.24. The third-order valence-corrected chi connectivity index (χ3v) is 6.25. The first-order valence-corrected chi connectivity index (χ1v) is 12.1. The molecule has 0 spiro atoms. The number of ketones is 1. The molecule has 1 fully saturated rings. The lowest BCUT2D eigenvalue weighted by molar-refractivity contribution is -0.122. The summed E-state index contributed by atoms with van der Waals surface area (Å²) < 4.78 is 8.82. The van der Waals surface area contributed by atoms with Gasteiger partial charge in [-0.25, -0.2) is 4.98 Å². The van der Waals surface area contributed by atoms with Gasteiger partial charge >= 0.3 is 0 Å². The molecule has 36 heavy (non-hydrogen) atoms. The maximum Gasteiger partial charge on any atom is 0.277 e. The largest absolute Gasteiger partial charge is 0.483 e. The Morgan fingerprint density at radius 3 is 2.83 bits per heavy atom. The Balaban J connectivity index is 1.67. The summed E-state index contributed by atoms with van der Waals surface area (Å²) in [7, 11) is 1.51. The fraction of sp³-hybridized carbons (Fsp3) is 0.385. The van der Waals surface area contributed by atoms with Crippen LogP contribution >= 0.6 is 0 Å². The molecule has 1 aliphatic heterocycles. The van der Waals surface area contributed by atoms with Crippen molar-refractivity contribution in [2.24, 2.45) is 5.73 Å². The van der Waals surface area contributed by atoms with Crippen LogP contribution in [-0.2, 0) is 17.9 Å². The van der Waals surface area contributed by atoms with Crippen LogP contribution in [0.15, 0.2) is 53.5 Å². The third kappa shape index (κ3) is 5.33. The second-order valence-corrected chi connectivity index (χ2v) is 8.80. The first-order valence-electron chi connectivity index (χ1n) is 12.1. The number of likely N-dealkylation sites (N-methyl/N-ethyl adjacent to an activating group) is 1. The van der Waals surface area contributed by atoms with Crippen molar-refractivity contribution in [1.29, 1.82) is 0 Å². The van der Waals surface area contributed by atoms with Gasteiger partial charge in [0.15, 0.2) is 12.4 Å². The lowest BCUT2D eigenvalue weighted by Crippen LogP contribution is -2.44. The number of anilines is 1. The summed E-state index contributed by atoms with van der Waals surface area (Å²) >= 11 is 0. The molecule has 0 bridgehead atoms. The number of ether oxygens (including phenoxy) is 1. The van der Waals surface area contributed by atoms with Gasteiger partial charge in [-0.05, 0) is 38.0 Å². The predicted octanol–water partition coefficient (Wildman–Crippen LogP) is 1.71. The molecule has 4 rings (SSSR count). The molecule has 0 saturated carbocycles. The highest BCUT2D eigenvalue weighted by atomic mass is 16.5. The third-order valence-electron chi connectivity index (χ3n) is 6.25. The van der Waals surface area contributed by atoms with E-state index in [4.69, 9.17) is 15.5 Å². The molecule has 10 nitrogen and oxygen atoms in total. The molecule has 1 saturated heterocycles. The maximum absolute atomic E-state index is 13.6. The summed E-state index contributed by atoms with van der Waals surface area (Å²) in [6.07, 6.45) is 7.42. The lowest BCUT2D eigenvalue weighted by atomic mass is 10.1. The molecule has 3 N–H and O–H groups in total. The average molecular weight is 493 g/mol. The van der Waals surface area contributed by atoms with E-state index in [9.17, 15) is 14.4 Å². The fourth-order valence-corrected chi connectivity index (χ4v) is 4.38. The Kier molecular flexibility index (Phi) is 7.84. The minimum absolute atomic E-state index is 0.0636. The number of carbonyl (C=O) groups excluding carboxylic acids is 2. The van der Waals surface area contributed by atoms with Crippen LogP contribution in [0.4, 0.5) is 5.95 Å². The highest BCUT2D eigenvalue weighted by molar-refractivity contribution is 5.98. The molecule has 190 valence electrons. The second-order valence-electron chi connectivity index (χ2n) is 8.80. The maximum atomic E-state index is 13.6. The van der Waals surface area contributed by atoms with E-state index in [0.29, 0.717) is 41.4 Å². The normalized spacial score (nSPS) is 16.0. The van der Waals surface area contributed by atoms with Gasteiger partial charge in [0.25, 0.3) is 11.5 Å². The molecule has 1 atom stereocenters. The number of nitrogens with zero attached hydrogens (tertiary/aromatic N) is 4. The van der Waals surface area contributed by atoms with Crippen molar-refractivity contribution < 1.29 is 14.3 Å². The predicted molar refractivity (Wildman–Crippen MR) is 139 cm³/mol. The van der Waals surface area contributed by atoms with E-state index >= 15 is 0 Å². The quantitative estimate of drug-likeness (QED) is 0.344. The van der Waals surface area contributed by atoms with Crippen molar-refractivity contribution in [3.05, 3.63) is 64.6 Å². The number of amides is 1. The second kappa shape index (κ2) is 11.2. The number of fused-ring (bicyclic) bond motifs is 1. The molecule has 0 aliphatic carbocycles. The van der Waals surface area contributed by atoms with E-state index in [-0.39, 0.29) is 36.4 Å². The van der Waals surface area contributed by atoms with Crippen LogP contribution in [-0.4, -0.2) is 58.6 Å². The van der Waals surface area contributed by atoms with E-state index in [1.54, 1.807) is 36.5 Å². The smallest absolute Gasteiger partial charge is 0.277 e. The number of imidazole rings is 1. The molecule has 3 aromatic rings. The number of hydrogen-bond donors (Lipinski definition) is 2. The van der Waals surface area contributed by atoms with Crippen LogP contribution in [0.3, 0.4) is 0 Å². The topological polar surface area (TPSA) is 124 Å². The van der Waals surface area contributed by atoms with Crippen LogP contribution in [0, 0.1) is 0 Å². The number of piperidine rings is 1. The minimum Gasteiger partial charge on any atom is -0.483 e. The number of carbonyl (C=O) groups is 2. The summed E-state index contributed by atoms with van der Waals surface area (Å²) in [6, 6.07) is 8.52. The van der Waals surface area contributed by atoms with Crippen LogP contribution in [0.1, 0.15) is 30.1 Å². The van der Waals surface area contributed by atoms with Crippen molar-refractivity contribution in [3.8, 4) is 5.75 Å². The SMILES string of the molecule is C/C=C/Cn1c(N2CCCC(N)C2)nc2ccn(CC(=O)c3ccccc3OCC(=O)NC)c(=O)c21. The molecule has 0 radical (unpaired) electrons. The Bertz CT molecular complexity index is 1340. The summed E-state index contributed by atoms with van der Waals surface area (Å²) in [4.78, 5) is 45.2. The minimum atomic E-state index is -0.307. The number of nitrogens with two attached hydrogens (primary N) is 1. The zero-order valence-electron chi connectivity index (χ0n) is 20.6. The van der Waals surface area contributed by atoms with Gasteiger partial charge in [0.1, 0.15) is 11.3 Å². The van der Waals surface area contributed by atoms with E-state index in [1.807, 2.05) is 23.6 Å². The van der Waals surface area contributed by atoms with Crippen LogP contribution in [0.5, 0.6) is 5.75 Å². The fourth-order valence-electron chi connectivity index (χ4n) is 4.38. The van der Waals surface area contributed by atoms with Crippen LogP contribution in [0.25, 0.3) is 11.0 Å². The standard InChI is InChI=1S/C26H32N6O4/c1-3-4-13-32-24-20(29-26(32)31-12-7-8-18(27)15-31)11-14-30(25(24)35)16-21(33)19-9-5-6-10-22(19)36-17-23(34)28-2/h3-6,9-11,14,18H,7-8,12-13,15-17,27H2,1-2H3,(H,28,34)/b4-3+. The van der Waals surface area contributed by atoms with Gasteiger partial charge < -0.3 is 29.8 Å². The number of pyridine rings is 1. The van der Waals surface area contributed by atoms with E-state index in [2.05, 4.69) is 10.2 Å². The molecule has 3 heterocycles. The zero-order chi connectivity index (χ0) is 25.7. The Morgan fingerprint density at radius 2 is 2.08 bits per heavy atom. The van der Waals surface area contributed by atoms with Gasteiger partial charge in [-0.15, -0.1) is 0 Å². The van der Waals surface area contributed by atoms with Crippen LogP contribution < -0.4 is 26.2 Å². The van der Waals surface area contributed by atoms with Gasteiger partial charge in [-0.3, -0.25) is 14.4 Å². The number of nitrogens with one attached hydrogen (secondary N) is 1. The van der Waals surface area contributed by atoms with E-state index in [1.165, 1.54) is 11.6 Å². The van der Waals surface area contributed by atoms with Crippen LogP contribution in [0.2, 0.25) is 0 Å². The Hall–Kier alpha value is -3.92. The summed E-state index contributed by atoms with van der Waals surface area (Å²) in [6.45, 7) is 3.53. The highest BCUT2D eigenvalue weighted by Gasteiger charge is 2.24. The molecule has 1 aromatic carbocycles. The number of allylic oxidation sites excluding steroid dienone is 2. The van der Waals surface area contributed by atoms with Gasteiger partial charge in [0, 0.05) is 38.9 Å². The van der Waals surface area contributed by atoms with Crippen molar-refractivity contribution in [2.45, 2.75) is 38.9 Å². The molecule has 1 unspecified atom stereocenters. The molecular formula is C26H32N6O4. The van der Waals surface area contributed by atoms with E-state index in [0.717, 1.165) is 19.4 Å². The molecular weight excluding hydrogens is 460 g/mol. The molecule has 1 aliphatic rings. The molecule has 10 heteroatoms. The van der Waals surface area contributed by atoms with Gasteiger partial charge in [0.2, 0.25) is 5.95 Å². The number of aromatic nitrogens is 3. The summed E-state index contributed by atoms with van der Waals surface area (Å²) in [5.41, 5.74) is 7.23. The average Bonchev–Trinajstić information content (AvgIpc) is 3.27. The van der Waals surface area contributed by atoms with Gasteiger partial charge in [0.05, 0.1) is 17.6 Å². The zero-order valence-corrected chi connectivity index (χ0v) is 20.6. The van der Waals surface area contributed by atoms with Gasteiger partial charge in [-0.1, -0.05) is 24.3 Å². The Morgan fingerprint density at radius 1 is 1.28 bits per heavy atom. The number of para-hydroxylation sites is 1. The summed E-state index contributed by atoms with van der Waals surface area (Å²) in [5.74, 6) is 0.402. The van der Waals surface area contributed by atoms with Crippen molar-refractivity contribution in [3.63, 3.8) is 0 Å². The number of Topliss-reactive ketones (excluding diaryl/α,β-unsaturated/α-hetero) is 1. The number of hydrogen-bond acceptors (Lipinski definition) is 7. The first-order chi connectivity index (χ1) is 17.4. The van der Waals surface area contributed by atoms with Crippen molar-refractivity contribution in [1.82, 2.24) is 19.4 Å². The van der Waals surface area contributed by atoms with Gasteiger partial charge in [-0.2, -0.15) is 0 Å². The van der Waals surface area contributed by atoms with E-state index < -0.39 is 0 Å². The number of rotatable bonds is 9. The monoisotopic (exact) mass is 492 g/mol. The van der Waals surface area contributed by atoms with Crippen molar-refractivity contribution >= 4 is 28.7 Å². The first kappa shape index (κ1) is 25.2.